The fourth-order valence-corrected chi connectivity index (χ4v) is 6.07. The van der Waals surface area contributed by atoms with E-state index in [-0.39, 0.29) is 6.54 Å². The molecule has 1 N–H and O–H groups in total. The van der Waals surface area contributed by atoms with Crippen LogP contribution < -0.4 is 4.72 Å². The molecule has 0 bridgehead atoms. The lowest BCUT2D eigenvalue weighted by Gasteiger charge is -2.37. The summed E-state index contributed by atoms with van der Waals surface area (Å²) in [6, 6.07) is 38.5. The van der Waals surface area contributed by atoms with Crippen molar-refractivity contribution in [3.05, 3.63) is 172 Å². The largest absolute Gasteiger partial charge is 0.319 e. The van der Waals surface area contributed by atoms with Crippen molar-refractivity contribution in [1.29, 1.82) is 0 Å². The minimum Gasteiger partial charge on any atom is -0.319 e. The first-order valence-corrected chi connectivity index (χ1v) is 15.5. The predicted molar refractivity (Wildman–Crippen MR) is 166 cm³/mol. The van der Waals surface area contributed by atoms with Crippen LogP contribution in [0.3, 0.4) is 0 Å². The fourth-order valence-electron chi connectivity index (χ4n) is 5.09. The molecule has 0 spiro atoms. The van der Waals surface area contributed by atoms with E-state index in [1.54, 1.807) is 30.3 Å². The lowest BCUT2D eigenvalue weighted by Crippen LogP contribution is -2.36. The molecule has 0 radical (unpaired) electrons. The summed E-state index contributed by atoms with van der Waals surface area (Å²) in [6.07, 6.45) is 7.84. The van der Waals surface area contributed by atoms with Gasteiger partial charge in [0, 0.05) is 23.2 Å². The topological polar surface area (TPSA) is 64.0 Å². The van der Waals surface area contributed by atoms with E-state index >= 15 is 0 Å². The van der Waals surface area contributed by atoms with E-state index in [0.717, 1.165) is 40.8 Å². The number of aryl methyl sites for hydroxylation is 1. The molecule has 5 aromatic rings. The van der Waals surface area contributed by atoms with Crippen LogP contribution >= 0.6 is 11.6 Å². The third kappa shape index (κ3) is 6.85. The molecule has 4 aromatic carbocycles. The molecular weight excluding hydrogens is 550 g/mol. The maximum atomic E-state index is 12.4. The maximum absolute atomic E-state index is 12.4. The summed E-state index contributed by atoms with van der Waals surface area (Å²) in [4.78, 5) is 4.77. The Hall–Kier alpha value is -3.97. The van der Waals surface area contributed by atoms with Gasteiger partial charge in [0.1, 0.15) is 5.54 Å². The van der Waals surface area contributed by atoms with Gasteiger partial charge in [-0.2, -0.15) is 0 Å². The molecule has 41 heavy (non-hydrogen) atoms. The first-order valence-electron chi connectivity index (χ1n) is 13.6. The number of nitrogens with zero attached hydrogens (tertiary/aromatic N) is 2. The second-order valence-electron chi connectivity index (χ2n) is 9.84. The van der Waals surface area contributed by atoms with Crippen molar-refractivity contribution in [2.24, 2.45) is 0 Å². The van der Waals surface area contributed by atoms with Crippen LogP contribution in [-0.4, -0.2) is 18.0 Å². The standard InChI is InChI=1S/C34H32ClN3O2S/c35-32-22-20-28(21-23-32)25-37-41(39,40)24-12-4-11-19-33-26-38(27-36-33)34(29-13-5-1-6-14-29,30-15-7-2-8-16-30)31-17-9-3-10-18-31/h1-3,5-10,12-18,20-24,26-27,37H,4,11,19,25H2/b24-12+. The van der Waals surface area contributed by atoms with Crippen molar-refractivity contribution in [3.8, 4) is 0 Å². The van der Waals surface area contributed by atoms with Gasteiger partial charge in [-0.05, 0) is 53.6 Å². The van der Waals surface area contributed by atoms with E-state index in [2.05, 4.69) is 88.3 Å². The summed E-state index contributed by atoms with van der Waals surface area (Å²) >= 11 is 5.90. The Morgan fingerprint density at radius 3 is 1.85 bits per heavy atom. The Labute approximate surface area is 247 Å². The second-order valence-corrected chi connectivity index (χ2v) is 11.9. The van der Waals surface area contributed by atoms with Crippen LogP contribution in [0.1, 0.15) is 40.8 Å². The molecule has 208 valence electrons. The molecule has 0 saturated heterocycles. The van der Waals surface area contributed by atoms with Gasteiger partial charge < -0.3 is 4.57 Å². The molecular formula is C34H32ClN3O2S. The number of nitrogens with one attached hydrogen (secondary N) is 1. The molecule has 5 rings (SSSR count). The van der Waals surface area contributed by atoms with Crippen molar-refractivity contribution in [3.63, 3.8) is 0 Å². The Morgan fingerprint density at radius 2 is 1.32 bits per heavy atom. The number of benzene rings is 4. The van der Waals surface area contributed by atoms with Gasteiger partial charge in [-0.15, -0.1) is 0 Å². The summed E-state index contributed by atoms with van der Waals surface area (Å²) < 4.78 is 29.6. The number of allylic oxidation sites excluding steroid dienone is 1. The van der Waals surface area contributed by atoms with Crippen molar-refractivity contribution < 1.29 is 8.42 Å². The molecule has 0 amide bonds. The zero-order valence-corrected chi connectivity index (χ0v) is 24.2. The molecule has 0 saturated carbocycles. The molecule has 0 aliphatic rings. The van der Waals surface area contributed by atoms with Crippen LogP contribution in [0.25, 0.3) is 0 Å². The van der Waals surface area contributed by atoms with Crippen LogP contribution in [0.15, 0.2) is 139 Å². The fraction of sp³-hybridized carbons (Fsp3) is 0.147. The smallest absolute Gasteiger partial charge is 0.233 e. The SMILES string of the molecule is O=S(=O)(/C=C/CCCc1cn(C(c2ccccc2)(c2ccccc2)c2ccccc2)cn1)NCc1ccc(Cl)cc1. The summed E-state index contributed by atoms with van der Waals surface area (Å²) in [5, 5.41) is 1.86. The number of aromatic nitrogens is 2. The average molecular weight is 582 g/mol. The van der Waals surface area contributed by atoms with E-state index in [4.69, 9.17) is 16.6 Å². The molecule has 5 nitrogen and oxygen atoms in total. The summed E-state index contributed by atoms with van der Waals surface area (Å²) in [5.41, 5.74) is 4.62. The van der Waals surface area contributed by atoms with Gasteiger partial charge in [-0.1, -0.05) is 121 Å². The Morgan fingerprint density at radius 1 is 0.780 bits per heavy atom. The van der Waals surface area contributed by atoms with Gasteiger partial charge in [0.15, 0.2) is 0 Å². The van der Waals surface area contributed by atoms with Crippen LogP contribution in [0.5, 0.6) is 0 Å². The zero-order valence-electron chi connectivity index (χ0n) is 22.6. The molecule has 0 aliphatic heterocycles. The molecule has 0 unspecified atom stereocenters. The highest BCUT2D eigenvalue weighted by atomic mass is 35.5. The Balaban J connectivity index is 1.31. The number of rotatable bonds is 12. The summed E-state index contributed by atoms with van der Waals surface area (Å²) in [5.74, 6) is 0. The maximum Gasteiger partial charge on any atom is 0.233 e. The van der Waals surface area contributed by atoms with Gasteiger partial charge in [0.2, 0.25) is 10.0 Å². The van der Waals surface area contributed by atoms with E-state index in [0.29, 0.717) is 11.4 Å². The lowest BCUT2D eigenvalue weighted by molar-refractivity contribution is 0.514. The van der Waals surface area contributed by atoms with Gasteiger partial charge in [0.05, 0.1) is 12.0 Å². The van der Waals surface area contributed by atoms with Gasteiger partial charge in [-0.25, -0.2) is 18.1 Å². The number of sulfonamides is 1. The van der Waals surface area contributed by atoms with E-state index in [1.807, 2.05) is 24.5 Å². The van der Waals surface area contributed by atoms with Crippen LogP contribution in [0.4, 0.5) is 0 Å². The minimum atomic E-state index is -3.53. The molecule has 1 aromatic heterocycles. The predicted octanol–water partition coefficient (Wildman–Crippen LogP) is 7.33. The highest BCUT2D eigenvalue weighted by molar-refractivity contribution is 7.92. The van der Waals surface area contributed by atoms with Crippen LogP contribution in [0, 0.1) is 0 Å². The Bertz CT molecular complexity index is 1570. The molecule has 0 atom stereocenters. The average Bonchev–Trinajstić information content (AvgIpc) is 3.48. The molecule has 0 aliphatic carbocycles. The van der Waals surface area contributed by atoms with Crippen molar-refractivity contribution in [2.75, 3.05) is 0 Å². The Kier molecular flexibility index (Phi) is 9.14. The van der Waals surface area contributed by atoms with Crippen LogP contribution in [-0.2, 0) is 28.5 Å². The van der Waals surface area contributed by atoms with E-state index in [1.165, 1.54) is 5.41 Å². The first-order chi connectivity index (χ1) is 20.0. The quantitative estimate of drug-likeness (QED) is 0.124. The number of hydrogen-bond donors (Lipinski definition) is 1. The van der Waals surface area contributed by atoms with Crippen molar-refractivity contribution in [2.45, 2.75) is 31.3 Å². The van der Waals surface area contributed by atoms with Gasteiger partial charge >= 0.3 is 0 Å². The van der Waals surface area contributed by atoms with Crippen molar-refractivity contribution in [1.82, 2.24) is 14.3 Å². The van der Waals surface area contributed by atoms with E-state index < -0.39 is 15.6 Å². The zero-order chi connectivity index (χ0) is 28.5. The normalized spacial score (nSPS) is 12.1. The third-order valence-electron chi connectivity index (χ3n) is 7.07. The number of unbranched alkanes of at least 4 members (excludes halogenated alkanes) is 1. The second kappa shape index (κ2) is 13.1. The highest BCUT2D eigenvalue weighted by Gasteiger charge is 2.38. The first kappa shape index (κ1) is 28.6. The van der Waals surface area contributed by atoms with Gasteiger partial charge in [0.25, 0.3) is 0 Å². The molecule has 7 heteroatoms. The molecule has 1 heterocycles. The number of halogens is 1. The summed E-state index contributed by atoms with van der Waals surface area (Å²) in [6.45, 7) is 0.216. The highest BCUT2D eigenvalue weighted by Crippen LogP contribution is 2.40. The van der Waals surface area contributed by atoms with Crippen LogP contribution in [0.2, 0.25) is 5.02 Å². The van der Waals surface area contributed by atoms with E-state index in [9.17, 15) is 8.42 Å². The summed E-state index contributed by atoms with van der Waals surface area (Å²) in [7, 11) is -3.53. The third-order valence-corrected chi connectivity index (χ3v) is 8.42. The minimum absolute atomic E-state index is 0.216. The monoisotopic (exact) mass is 581 g/mol. The molecule has 0 fully saturated rings. The lowest BCUT2D eigenvalue weighted by atomic mass is 9.77. The van der Waals surface area contributed by atoms with Gasteiger partial charge in [-0.3, -0.25) is 0 Å². The van der Waals surface area contributed by atoms with Crippen molar-refractivity contribution >= 4 is 21.6 Å². The number of hydrogen-bond acceptors (Lipinski definition) is 3. The number of imidazole rings is 1.